The van der Waals surface area contributed by atoms with Crippen LogP contribution in [0.25, 0.3) is 10.9 Å². The highest BCUT2D eigenvalue weighted by atomic mass is 32.3. The molecule has 1 unspecified atom stereocenters. The lowest BCUT2D eigenvalue weighted by Gasteiger charge is -2.22. The Kier molecular flexibility index (Phi) is 7.98. The van der Waals surface area contributed by atoms with E-state index < -0.39 is 53.4 Å². The normalized spacial score (nSPS) is 13.9. The third-order valence-corrected chi connectivity index (χ3v) is 10.4. The zero-order valence-electron chi connectivity index (χ0n) is 19.8. The van der Waals surface area contributed by atoms with Crippen molar-refractivity contribution in [2.75, 3.05) is 0 Å². The Morgan fingerprint density at radius 1 is 0.921 bits per heavy atom. The molecule has 206 valence electrons. The molecule has 1 heterocycles. The van der Waals surface area contributed by atoms with Crippen molar-refractivity contribution < 1.29 is 48.3 Å². The van der Waals surface area contributed by atoms with Gasteiger partial charge < -0.3 is 9.67 Å². The molecule has 0 spiro atoms. The predicted octanol–water partition coefficient (Wildman–Crippen LogP) is 4.70. The van der Waals surface area contributed by atoms with Crippen LogP contribution in [0.2, 0.25) is 0 Å². The molecule has 0 aliphatic carbocycles. The number of sulfone groups is 2. The third-order valence-electron chi connectivity index (χ3n) is 5.83. The standard InChI is InChI=1S/C24H21F6NO5S2/c1-15-11-12-19-17(13-15)18(14-21(37(33,34)23(25,26)27)38(35,36)24(28,29)30)22(31(19)2)20(32)10-6-9-16-7-4-3-5-8-16/h3-5,7-8,11-13,20-21,32H,10,14H2,1-2H3. The number of benzene rings is 2. The number of aromatic nitrogens is 1. The summed E-state index contributed by atoms with van der Waals surface area (Å²) < 4.78 is 126. The molecule has 0 bridgehead atoms. The van der Waals surface area contributed by atoms with Gasteiger partial charge >= 0.3 is 11.0 Å². The van der Waals surface area contributed by atoms with Crippen LogP contribution in [0.5, 0.6) is 0 Å². The number of aryl methyl sites for hydroxylation is 2. The van der Waals surface area contributed by atoms with Crippen molar-refractivity contribution in [1.29, 1.82) is 0 Å². The molecule has 14 heteroatoms. The van der Waals surface area contributed by atoms with Gasteiger partial charge in [0.1, 0.15) is 6.10 Å². The van der Waals surface area contributed by atoms with E-state index in [4.69, 9.17) is 0 Å². The monoisotopic (exact) mass is 581 g/mol. The zero-order valence-corrected chi connectivity index (χ0v) is 21.4. The lowest BCUT2D eigenvalue weighted by atomic mass is 10.0. The van der Waals surface area contributed by atoms with Gasteiger partial charge in [0, 0.05) is 36.4 Å². The zero-order chi connectivity index (χ0) is 28.7. The van der Waals surface area contributed by atoms with Crippen molar-refractivity contribution in [3.8, 4) is 11.8 Å². The third kappa shape index (κ3) is 5.55. The van der Waals surface area contributed by atoms with E-state index in [1.165, 1.54) is 23.7 Å². The minimum atomic E-state index is -6.87. The smallest absolute Gasteiger partial charge is 0.386 e. The van der Waals surface area contributed by atoms with Crippen LogP contribution >= 0.6 is 0 Å². The van der Waals surface area contributed by atoms with Gasteiger partial charge in [-0.3, -0.25) is 0 Å². The van der Waals surface area contributed by atoms with Gasteiger partial charge in [-0.1, -0.05) is 41.7 Å². The van der Waals surface area contributed by atoms with Crippen molar-refractivity contribution in [3.05, 3.63) is 70.9 Å². The summed E-state index contributed by atoms with van der Waals surface area (Å²) in [4.78, 5) is 0. The summed E-state index contributed by atoms with van der Waals surface area (Å²) in [5.41, 5.74) is -12.0. The summed E-state index contributed by atoms with van der Waals surface area (Å²) in [5, 5.41) is 10.9. The number of alkyl halides is 6. The maximum Gasteiger partial charge on any atom is 0.498 e. The fourth-order valence-electron chi connectivity index (χ4n) is 4.01. The fraction of sp³-hybridized carbons (Fsp3) is 0.333. The summed E-state index contributed by atoms with van der Waals surface area (Å²) in [6, 6.07) is 12.9. The van der Waals surface area contributed by atoms with Crippen molar-refractivity contribution in [3.63, 3.8) is 0 Å². The summed E-state index contributed by atoms with van der Waals surface area (Å²) in [6.07, 6.45) is -3.65. The quantitative estimate of drug-likeness (QED) is 0.337. The van der Waals surface area contributed by atoms with Crippen LogP contribution < -0.4 is 0 Å². The Balaban J connectivity index is 2.23. The van der Waals surface area contributed by atoms with Gasteiger partial charge in [-0.05, 0) is 36.8 Å². The largest absolute Gasteiger partial charge is 0.498 e. The first-order chi connectivity index (χ1) is 17.4. The van der Waals surface area contributed by atoms with Crippen molar-refractivity contribution in [2.24, 2.45) is 7.05 Å². The van der Waals surface area contributed by atoms with Crippen LogP contribution in [0, 0.1) is 18.8 Å². The maximum absolute atomic E-state index is 13.4. The summed E-state index contributed by atoms with van der Waals surface area (Å²) in [5.74, 6) is 5.41. The lowest BCUT2D eigenvalue weighted by molar-refractivity contribution is -0.0471. The van der Waals surface area contributed by atoms with Crippen LogP contribution in [0.3, 0.4) is 0 Å². The summed E-state index contributed by atoms with van der Waals surface area (Å²) >= 11 is 0. The fourth-order valence-corrected chi connectivity index (χ4v) is 7.37. The molecule has 6 nitrogen and oxygen atoms in total. The predicted molar refractivity (Wildman–Crippen MR) is 128 cm³/mol. The highest BCUT2D eigenvalue weighted by Crippen LogP contribution is 2.41. The molecule has 0 radical (unpaired) electrons. The minimum absolute atomic E-state index is 0.00248. The average molecular weight is 582 g/mol. The van der Waals surface area contributed by atoms with Gasteiger partial charge in [-0.15, -0.1) is 0 Å². The number of fused-ring (bicyclic) bond motifs is 1. The topological polar surface area (TPSA) is 93.4 Å². The Bertz CT molecular complexity index is 1570. The number of aliphatic hydroxyl groups excluding tert-OH is 1. The molecule has 1 aromatic heterocycles. The molecule has 3 aromatic rings. The number of nitrogens with zero attached hydrogens (tertiary/aromatic N) is 1. The second kappa shape index (κ2) is 10.3. The highest BCUT2D eigenvalue weighted by molar-refractivity contribution is 8.09. The molecule has 0 amide bonds. The molecular weight excluding hydrogens is 560 g/mol. The molecule has 0 saturated heterocycles. The molecule has 2 aromatic carbocycles. The summed E-state index contributed by atoms with van der Waals surface area (Å²) in [6.45, 7) is 1.56. The SMILES string of the molecule is Cc1ccc2c(c1)c(CC(S(=O)(=O)C(F)(F)F)S(=O)(=O)C(F)(F)F)c(C(O)CC#Cc1ccccc1)n2C. The number of rotatable bonds is 6. The van der Waals surface area contributed by atoms with Gasteiger partial charge in [0.2, 0.25) is 0 Å². The number of hydrogen-bond acceptors (Lipinski definition) is 5. The second-order valence-corrected chi connectivity index (χ2v) is 13.0. The van der Waals surface area contributed by atoms with E-state index in [9.17, 15) is 48.3 Å². The van der Waals surface area contributed by atoms with E-state index in [-0.39, 0.29) is 23.0 Å². The molecule has 3 rings (SSSR count). The average Bonchev–Trinajstić information content (AvgIpc) is 3.07. The molecule has 1 N–H and O–H groups in total. The van der Waals surface area contributed by atoms with Crippen LogP contribution in [0.1, 0.15) is 34.9 Å². The van der Waals surface area contributed by atoms with E-state index in [1.807, 2.05) is 0 Å². The molecule has 0 aliphatic rings. The number of hydrogen-bond donors (Lipinski definition) is 1. The van der Waals surface area contributed by atoms with E-state index in [1.54, 1.807) is 43.3 Å². The molecule has 0 aliphatic heterocycles. The Labute approximate surface area is 214 Å². The first-order valence-corrected chi connectivity index (χ1v) is 13.9. The van der Waals surface area contributed by atoms with E-state index in [2.05, 4.69) is 11.8 Å². The molecule has 1 atom stereocenters. The highest BCUT2D eigenvalue weighted by Gasteiger charge is 2.63. The first-order valence-electron chi connectivity index (χ1n) is 10.8. The van der Waals surface area contributed by atoms with Crippen LogP contribution in [-0.4, -0.2) is 42.1 Å². The van der Waals surface area contributed by atoms with Gasteiger partial charge in [-0.25, -0.2) is 16.8 Å². The van der Waals surface area contributed by atoms with Crippen molar-refractivity contribution in [2.45, 2.75) is 41.5 Å². The minimum Gasteiger partial charge on any atom is -0.386 e. The van der Waals surface area contributed by atoms with E-state index in [0.29, 0.717) is 11.1 Å². The number of halogens is 6. The van der Waals surface area contributed by atoms with E-state index >= 15 is 0 Å². The van der Waals surface area contributed by atoms with Crippen LogP contribution in [-0.2, 0) is 33.1 Å². The van der Waals surface area contributed by atoms with E-state index in [0.717, 1.165) is 0 Å². The van der Waals surface area contributed by atoms with Crippen molar-refractivity contribution >= 4 is 30.6 Å². The molecule has 38 heavy (non-hydrogen) atoms. The number of aliphatic hydroxyl groups is 1. The maximum atomic E-state index is 13.4. The van der Waals surface area contributed by atoms with Crippen molar-refractivity contribution in [1.82, 2.24) is 4.57 Å². The van der Waals surface area contributed by atoms with Crippen LogP contribution in [0.4, 0.5) is 26.3 Å². The van der Waals surface area contributed by atoms with Gasteiger partial charge in [-0.2, -0.15) is 26.3 Å². The van der Waals surface area contributed by atoms with Gasteiger partial charge in [0.15, 0.2) is 4.58 Å². The molecular formula is C24H21F6NO5S2. The second-order valence-electron chi connectivity index (χ2n) is 8.45. The Hall–Kier alpha value is -3.02. The van der Waals surface area contributed by atoms with Gasteiger partial charge in [0.05, 0.1) is 5.69 Å². The Morgan fingerprint density at radius 2 is 1.47 bits per heavy atom. The van der Waals surface area contributed by atoms with Gasteiger partial charge in [0.25, 0.3) is 19.7 Å². The van der Waals surface area contributed by atoms with Crippen LogP contribution in [0.15, 0.2) is 48.5 Å². The summed E-state index contributed by atoms with van der Waals surface area (Å²) in [7, 11) is -12.4. The Morgan fingerprint density at radius 3 is 2.00 bits per heavy atom. The lowest BCUT2D eigenvalue weighted by Crippen LogP contribution is -2.46. The molecule has 0 fully saturated rings. The molecule has 0 saturated carbocycles. The first kappa shape index (κ1) is 29.5.